The van der Waals surface area contributed by atoms with Crippen molar-refractivity contribution in [2.24, 2.45) is 0 Å². The number of fused-ring (bicyclic) bond motifs is 9. The molecule has 0 N–H and O–H groups in total. The van der Waals surface area contributed by atoms with Crippen molar-refractivity contribution in [3.63, 3.8) is 0 Å². The zero-order chi connectivity index (χ0) is 31.1. The van der Waals surface area contributed by atoms with E-state index in [0.717, 1.165) is 26.9 Å². The molecule has 2 nitrogen and oxygen atoms in total. The Hall–Kier alpha value is -5.73. The van der Waals surface area contributed by atoms with Gasteiger partial charge in [0.15, 0.2) is 0 Å². The van der Waals surface area contributed by atoms with Crippen LogP contribution in [0.3, 0.4) is 0 Å². The number of hydrogen-bond acceptors (Lipinski definition) is 3. The molecule has 10 aromatic rings. The first-order valence-corrected chi connectivity index (χ1v) is 17.3. The molecule has 10 rings (SSSR count). The average molecular weight is 633 g/mol. The molecule has 0 unspecified atom stereocenters. The van der Waals surface area contributed by atoms with E-state index in [0.29, 0.717) is 0 Å². The fourth-order valence-electron chi connectivity index (χ4n) is 7.32. The van der Waals surface area contributed by atoms with Gasteiger partial charge in [0.25, 0.3) is 0 Å². The maximum atomic E-state index is 10.5. The number of hydrogen-bond donors (Lipinski definition) is 0. The van der Waals surface area contributed by atoms with Crippen molar-refractivity contribution < 1.29 is 0 Å². The van der Waals surface area contributed by atoms with Crippen LogP contribution in [0.1, 0.15) is 5.56 Å². The molecule has 0 aliphatic heterocycles. The third-order valence-electron chi connectivity index (χ3n) is 9.43. The zero-order valence-corrected chi connectivity index (χ0v) is 26.7. The average Bonchev–Trinajstić information content (AvgIpc) is 3.81. The van der Waals surface area contributed by atoms with E-state index < -0.39 is 0 Å². The summed E-state index contributed by atoms with van der Waals surface area (Å²) in [7, 11) is 0. The van der Waals surface area contributed by atoms with Crippen molar-refractivity contribution in [3.05, 3.63) is 151 Å². The van der Waals surface area contributed by atoms with Gasteiger partial charge in [-0.3, -0.25) is 0 Å². The summed E-state index contributed by atoms with van der Waals surface area (Å²) in [5.74, 6) is 0. The second kappa shape index (κ2) is 10.1. The molecule has 0 atom stereocenters. The molecular weight excluding hydrogens is 609 g/mol. The smallest absolute Gasteiger partial charge is 0.101 e. The lowest BCUT2D eigenvalue weighted by Crippen LogP contribution is -1.93. The minimum atomic E-state index is 0.720. The first-order chi connectivity index (χ1) is 23.3. The largest absolute Gasteiger partial charge is 0.308 e. The lowest BCUT2D eigenvalue weighted by atomic mass is 9.98. The second-order valence-corrected chi connectivity index (χ2v) is 14.1. The highest BCUT2D eigenvalue weighted by Crippen LogP contribution is 2.46. The molecule has 0 amide bonds. The molecule has 0 aliphatic rings. The highest BCUT2D eigenvalue weighted by Gasteiger charge is 2.20. The van der Waals surface area contributed by atoms with Gasteiger partial charge < -0.3 is 4.57 Å². The summed E-state index contributed by atoms with van der Waals surface area (Å²) in [6.07, 6.45) is 0. The lowest BCUT2D eigenvalue weighted by molar-refractivity contribution is 1.20. The van der Waals surface area contributed by atoms with Crippen LogP contribution in [-0.2, 0) is 0 Å². The van der Waals surface area contributed by atoms with Crippen molar-refractivity contribution in [3.8, 4) is 34.0 Å². The Labute approximate surface area is 278 Å². The molecule has 3 aromatic heterocycles. The van der Waals surface area contributed by atoms with Gasteiger partial charge in [-0.05, 0) is 64.7 Å². The number of thiophene rings is 2. The van der Waals surface area contributed by atoms with Crippen LogP contribution in [0.25, 0.3) is 90.1 Å². The van der Waals surface area contributed by atoms with Crippen LogP contribution in [0.4, 0.5) is 0 Å². The fourth-order valence-corrected chi connectivity index (χ4v) is 9.80. The normalized spacial score (nSPS) is 11.8. The predicted octanol–water partition coefficient (Wildman–Crippen LogP) is 12.7. The van der Waals surface area contributed by atoms with Crippen LogP contribution in [0.5, 0.6) is 0 Å². The van der Waals surface area contributed by atoms with Crippen LogP contribution in [-0.4, -0.2) is 4.57 Å². The van der Waals surface area contributed by atoms with Gasteiger partial charge in [0.1, 0.15) is 6.07 Å². The van der Waals surface area contributed by atoms with Crippen molar-refractivity contribution in [2.75, 3.05) is 0 Å². The molecule has 0 spiro atoms. The Morgan fingerprint density at radius 3 is 2.02 bits per heavy atom. The maximum absolute atomic E-state index is 10.5. The van der Waals surface area contributed by atoms with Gasteiger partial charge in [0.05, 0.1) is 31.7 Å². The van der Waals surface area contributed by atoms with Crippen LogP contribution in [0, 0.1) is 11.3 Å². The van der Waals surface area contributed by atoms with Gasteiger partial charge in [0, 0.05) is 41.7 Å². The van der Waals surface area contributed by atoms with Crippen LogP contribution in [0.15, 0.2) is 146 Å². The molecule has 0 aliphatic carbocycles. The van der Waals surface area contributed by atoms with Crippen molar-refractivity contribution in [1.29, 1.82) is 5.26 Å². The molecular formula is C43H24N2S2. The van der Waals surface area contributed by atoms with Gasteiger partial charge in [-0.2, -0.15) is 5.26 Å². The van der Waals surface area contributed by atoms with Gasteiger partial charge in [-0.1, -0.05) is 103 Å². The van der Waals surface area contributed by atoms with Gasteiger partial charge in [-0.15, -0.1) is 22.7 Å². The Morgan fingerprint density at radius 1 is 0.447 bits per heavy atom. The van der Waals surface area contributed by atoms with Crippen molar-refractivity contribution >= 4 is 84.8 Å². The van der Waals surface area contributed by atoms with E-state index in [4.69, 9.17) is 0 Å². The van der Waals surface area contributed by atoms with Crippen LogP contribution >= 0.6 is 22.7 Å². The lowest BCUT2D eigenvalue weighted by Gasteiger charge is -2.10. The van der Waals surface area contributed by atoms with E-state index in [1.807, 2.05) is 11.3 Å². The molecule has 7 aromatic carbocycles. The summed E-state index contributed by atoms with van der Waals surface area (Å²) in [6.45, 7) is 0. The first-order valence-electron chi connectivity index (χ1n) is 15.7. The minimum Gasteiger partial charge on any atom is -0.308 e. The fraction of sp³-hybridized carbons (Fsp3) is 0. The van der Waals surface area contributed by atoms with Crippen molar-refractivity contribution in [2.45, 2.75) is 0 Å². The summed E-state index contributed by atoms with van der Waals surface area (Å²) >= 11 is 3.55. The van der Waals surface area contributed by atoms with E-state index in [-0.39, 0.29) is 0 Å². The quantitative estimate of drug-likeness (QED) is 0.190. The van der Waals surface area contributed by atoms with Gasteiger partial charge in [-0.25, -0.2) is 0 Å². The number of para-hydroxylation sites is 1. The third kappa shape index (κ3) is 3.88. The minimum absolute atomic E-state index is 0.720. The molecule has 4 heteroatoms. The van der Waals surface area contributed by atoms with E-state index in [1.165, 1.54) is 68.8 Å². The van der Waals surface area contributed by atoms with Gasteiger partial charge >= 0.3 is 0 Å². The molecule has 0 fully saturated rings. The number of nitrogens with zero attached hydrogens (tertiary/aromatic N) is 2. The summed E-state index contributed by atoms with van der Waals surface area (Å²) in [6, 6.07) is 54.8. The molecule has 218 valence electrons. The Kier molecular flexibility index (Phi) is 5.71. The maximum Gasteiger partial charge on any atom is 0.101 e. The van der Waals surface area contributed by atoms with Crippen molar-refractivity contribution in [1.82, 2.24) is 4.57 Å². The van der Waals surface area contributed by atoms with Crippen LogP contribution < -0.4 is 0 Å². The first kappa shape index (κ1) is 26.5. The summed E-state index contributed by atoms with van der Waals surface area (Å²) in [5.41, 5.74) is 8.89. The number of aromatic nitrogens is 1. The SMILES string of the molecule is N#Cc1cc(-c2cccc3c2sc2ccccc23)cc2c1sc1c(-n3c4ccccc4c4cc(-c5ccccc5)ccc43)cccc12. The Bertz CT molecular complexity index is 2920. The van der Waals surface area contributed by atoms with Crippen LogP contribution in [0.2, 0.25) is 0 Å². The molecule has 0 saturated carbocycles. The number of nitriles is 1. The van der Waals surface area contributed by atoms with E-state index >= 15 is 0 Å². The van der Waals surface area contributed by atoms with E-state index in [2.05, 4.69) is 156 Å². The molecule has 0 bridgehead atoms. The summed E-state index contributed by atoms with van der Waals surface area (Å²) in [5, 5.41) is 17.8. The third-order valence-corrected chi connectivity index (χ3v) is 11.9. The van der Waals surface area contributed by atoms with E-state index in [9.17, 15) is 5.26 Å². The Morgan fingerprint density at radius 2 is 1.15 bits per heavy atom. The Balaban J connectivity index is 1.23. The van der Waals surface area contributed by atoms with E-state index in [1.54, 1.807) is 11.3 Å². The molecule has 47 heavy (non-hydrogen) atoms. The summed E-state index contributed by atoms with van der Waals surface area (Å²) < 4.78 is 7.17. The highest BCUT2D eigenvalue weighted by atomic mass is 32.1. The summed E-state index contributed by atoms with van der Waals surface area (Å²) in [4.78, 5) is 0. The number of benzene rings is 7. The standard InChI is InChI=1S/C43H24N2S2/c44-25-29-22-28(30-14-8-15-33-32-13-5-7-19-40(32)46-42(30)33)24-36-34-16-9-18-39(43(34)47-41(29)36)45-37-17-6-4-12-31(37)35-23-27(20-21-38(35)45)26-10-2-1-3-11-26/h1-24H. The second-order valence-electron chi connectivity index (χ2n) is 12.0. The van der Waals surface area contributed by atoms with Gasteiger partial charge in [0.2, 0.25) is 0 Å². The molecule has 0 saturated heterocycles. The topological polar surface area (TPSA) is 28.7 Å². The molecule has 0 radical (unpaired) electrons. The monoisotopic (exact) mass is 632 g/mol. The highest BCUT2D eigenvalue weighted by molar-refractivity contribution is 7.27. The number of rotatable bonds is 3. The molecule has 3 heterocycles. The predicted molar refractivity (Wildman–Crippen MR) is 202 cm³/mol. The zero-order valence-electron chi connectivity index (χ0n) is 25.1.